The molecule has 134 valence electrons. The maximum atomic E-state index is 12.1. The minimum Gasteiger partial charge on any atom is -0.488 e. The number of hydrogen-bond acceptors (Lipinski definition) is 5. The quantitative estimate of drug-likeness (QED) is 0.679. The topological polar surface area (TPSA) is 97.5 Å². The van der Waals surface area contributed by atoms with Gasteiger partial charge in [0.05, 0.1) is 18.5 Å². The molecule has 0 spiro atoms. The van der Waals surface area contributed by atoms with Crippen LogP contribution in [0.2, 0.25) is 0 Å². The summed E-state index contributed by atoms with van der Waals surface area (Å²) in [5.41, 5.74) is 0.270. The fraction of sp³-hybridized carbons (Fsp3) is 0.625. The monoisotopic (exact) mass is 356 g/mol. The fourth-order valence-corrected chi connectivity index (χ4v) is 3.37. The zero-order valence-corrected chi connectivity index (χ0v) is 14.7. The number of aromatic nitrogens is 1. The molecule has 2 N–H and O–H groups in total. The molecule has 2 rings (SSSR count). The summed E-state index contributed by atoms with van der Waals surface area (Å²) in [6.45, 7) is 3.61. The number of rotatable bonds is 9. The summed E-state index contributed by atoms with van der Waals surface area (Å²) < 4.78 is 22.8. The number of hydrogen-bond donors (Lipinski definition) is 2. The van der Waals surface area contributed by atoms with Gasteiger partial charge in [-0.3, -0.25) is 13.8 Å². The zero-order chi connectivity index (χ0) is 17.4. The fourth-order valence-electron chi connectivity index (χ4n) is 2.36. The molecule has 0 bridgehead atoms. The van der Waals surface area contributed by atoms with Crippen molar-refractivity contribution in [2.75, 3.05) is 25.5 Å². The lowest BCUT2D eigenvalue weighted by Gasteiger charge is -2.10. The van der Waals surface area contributed by atoms with Gasteiger partial charge in [-0.05, 0) is 19.3 Å². The minimum atomic E-state index is -1.39. The highest BCUT2D eigenvalue weighted by molar-refractivity contribution is 7.84. The third kappa shape index (κ3) is 6.09. The Morgan fingerprint density at radius 3 is 3.04 bits per heavy atom. The lowest BCUT2D eigenvalue weighted by molar-refractivity contribution is -0.119. The third-order valence-corrected chi connectivity index (χ3v) is 4.78. The standard InChI is InChI=1S/C16H24N2O5S/c1-2-5-23-15-9-17-12(7-14(15)19)10-24(21)11-16(20)18-8-13-4-3-6-22-13/h7,9,13H,2-6,8,10-11H2,1H3,(H,17,19)(H,18,20). The maximum Gasteiger partial charge on any atom is 0.232 e. The van der Waals surface area contributed by atoms with Crippen LogP contribution in [0.25, 0.3) is 0 Å². The van der Waals surface area contributed by atoms with Crippen molar-refractivity contribution in [1.29, 1.82) is 0 Å². The van der Waals surface area contributed by atoms with Crippen LogP contribution in [0.5, 0.6) is 5.75 Å². The first-order valence-electron chi connectivity index (χ1n) is 8.16. The summed E-state index contributed by atoms with van der Waals surface area (Å²) in [4.78, 5) is 26.5. The highest BCUT2D eigenvalue weighted by atomic mass is 32.2. The third-order valence-electron chi connectivity index (χ3n) is 3.56. The van der Waals surface area contributed by atoms with Gasteiger partial charge in [0.1, 0.15) is 5.75 Å². The molecule has 1 aliphatic rings. The molecule has 1 amide bonds. The van der Waals surface area contributed by atoms with Crippen LogP contribution in [0.4, 0.5) is 0 Å². The van der Waals surface area contributed by atoms with Crippen molar-refractivity contribution in [2.24, 2.45) is 0 Å². The molecule has 24 heavy (non-hydrogen) atoms. The largest absolute Gasteiger partial charge is 0.488 e. The van der Waals surface area contributed by atoms with Gasteiger partial charge in [0, 0.05) is 41.9 Å². The van der Waals surface area contributed by atoms with Crippen LogP contribution >= 0.6 is 0 Å². The molecule has 0 aliphatic carbocycles. The predicted molar refractivity (Wildman–Crippen MR) is 91.5 cm³/mol. The number of nitrogens with one attached hydrogen (secondary N) is 2. The average molecular weight is 356 g/mol. The van der Waals surface area contributed by atoms with Crippen molar-refractivity contribution in [3.8, 4) is 5.75 Å². The van der Waals surface area contributed by atoms with Gasteiger partial charge in [0.2, 0.25) is 11.3 Å². The second kappa shape index (κ2) is 9.58. The van der Waals surface area contributed by atoms with Crippen LogP contribution < -0.4 is 15.5 Å². The molecule has 1 saturated heterocycles. The van der Waals surface area contributed by atoms with E-state index in [9.17, 15) is 13.8 Å². The van der Waals surface area contributed by atoms with Crippen molar-refractivity contribution in [3.63, 3.8) is 0 Å². The van der Waals surface area contributed by atoms with Crippen LogP contribution in [0, 0.1) is 0 Å². The summed E-state index contributed by atoms with van der Waals surface area (Å²) >= 11 is 0. The lowest BCUT2D eigenvalue weighted by Crippen LogP contribution is -2.34. The molecule has 1 aromatic rings. The molecule has 1 aromatic heterocycles. The molecule has 8 heteroatoms. The molecule has 1 fully saturated rings. The molecular formula is C16H24N2O5S. The van der Waals surface area contributed by atoms with E-state index in [-0.39, 0.29) is 34.7 Å². The predicted octanol–water partition coefficient (Wildman–Crippen LogP) is 0.708. The Morgan fingerprint density at radius 2 is 2.38 bits per heavy atom. The van der Waals surface area contributed by atoms with E-state index in [0.29, 0.717) is 18.8 Å². The Kier molecular flexibility index (Phi) is 7.45. The Hall–Kier alpha value is -1.67. The molecule has 0 radical (unpaired) electrons. The Labute approximate surface area is 143 Å². The van der Waals surface area contributed by atoms with Crippen LogP contribution in [0.15, 0.2) is 17.1 Å². The Bertz CT molecular complexity index is 625. The van der Waals surface area contributed by atoms with Gasteiger partial charge in [-0.2, -0.15) is 0 Å². The van der Waals surface area contributed by atoms with Gasteiger partial charge in [-0.15, -0.1) is 0 Å². The van der Waals surface area contributed by atoms with E-state index in [0.717, 1.165) is 25.9 Å². The zero-order valence-electron chi connectivity index (χ0n) is 13.8. The number of pyridine rings is 1. The van der Waals surface area contributed by atoms with Crippen molar-refractivity contribution in [3.05, 3.63) is 28.2 Å². The Morgan fingerprint density at radius 1 is 1.54 bits per heavy atom. The summed E-state index contributed by atoms with van der Waals surface area (Å²) in [5.74, 6) is 0.00853. The van der Waals surface area contributed by atoms with Crippen molar-refractivity contribution >= 4 is 16.7 Å². The lowest BCUT2D eigenvalue weighted by atomic mass is 10.2. The van der Waals surface area contributed by atoms with Crippen LogP contribution in [-0.2, 0) is 26.1 Å². The van der Waals surface area contributed by atoms with Gasteiger partial charge >= 0.3 is 0 Å². The molecule has 2 heterocycles. The van der Waals surface area contributed by atoms with Gasteiger partial charge < -0.3 is 19.8 Å². The van der Waals surface area contributed by atoms with Gasteiger partial charge in [-0.25, -0.2) is 0 Å². The van der Waals surface area contributed by atoms with E-state index in [1.54, 1.807) is 0 Å². The van der Waals surface area contributed by atoms with E-state index < -0.39 is 10.8 Å². The normalized spacial score (nSPS) is 18.3. The number of carbonyl (C=O) groups excluding carboxylic acids is 1. The number of carbonyl (C=O) groups is 1. The summed E-state index contributed by atoms with van der Waals surface area (Å²) in [6.07, 6.45) is 4.30. The summed E-state index contributed by atoms with van der Waals surface area (Å²) in [7, 11) is -1.39. The minimum absolute atomic E-state index is 0.0643. The van der Waals surface area contributed by atoms with E-state index in [1.807, 2.05) is 6.92 Å². The van der Waals surface area contributed by atoms with Crippen molar-refractivity contribution in [2.45, 2.75) is 38.0 Å². The van der Waals surface area contributed by atoms with E-state index in [4.69, 9.17) is 9.47 Å². The first kappa shape index (κ1) is 18.7. The average Bonchev–Trinajstić information content (AvgIpc) is 3.05. The smallest absolute Gasteiger partial charge is 0.232 e. The second-order valence-electron chi connectivity index (χ2n) is 5.70. The van der Waals surface area contributed by atoms with Crippen LogP contribution in [0.1, 0.15) is 31.9 Å². The first-order valence-corrected chi connectivity index (χ1v) is 9.65. The molecule has 1 aliphatic heterocycles. The molecule has 0 saturated carbocycles. The van der Waals surface area contributed by atoms with Crippen LogP contribution in [-0.4, -0.2) is 46.7 Å². The van der Waals surface area contributed by atoms with Crippen molar-refractivity contribution < 1.29 is 18.5 Å². The van der Waals surface area contributed by atoms with Crippen LogP contribution in [0.3, 0.4) is 0 Å². The summed E-state index contributed by atoms with van der Waals surface area (Å²) in [5, 5.41) is 2.74. The number of H-pyrrole nitrogens is 1. The van der Waals surface area contributed by atoms with E-state index in [2.05, 4.69) is 10.3 Å². The van der Waals surface area contributed by atoms with Gasteiger partial charge in [-0.1, -0.05) is 6.92 Å². The Balaban J connectivity index is 1.77. The molecule has 7 nitrogen and oxygen atoms in total. The maximum absolute atomic E-state index is 12.1. The number of aromatic amines is 1. The van der Waals surface area contributed by atoms with Gasteiger partial charge in [0.15, 0.2) is 5.75 Å². The van der Waals surface area contributed by atoms with E-state index >= 15 is 0 Å². The number of ether oxygens (including phenoxy) is 2. The molecular weight excluding hydrogens is 332 g/mol. The molecule has 2 atom stereocenters. The summed E-state index contributed by atoms with van der Waals surface area (Å²) in [6, 6.07) is 1.37. The number of amides is 1. The highest BCUT2D eigenvalue weighted by Crippen LogP contribution is 2.10. The van der Waals surface area contributed by atoms with Gasteiger partial charge in [0.25, 0.3) is 0 Å². The molecule has 0 aromatic carbocycles. The van der Waals surface area contributed by atoms with Crippen molar-refractivity contribution in [1.82, 2.24) is 10.3 Å². The molecule has 2 unspecified atom stereocenters. The second-order valence-corrected chi connectivity index (χ2v) is 7.16. The SMILES string of the molecule is CCCOc1c[nH]c(CS(=O)CC(=O)NCC2CCCO2)cc1=O. The highest BCUT2D eigenvalue weighted by Gasteiger charge is 2.17. The first-order chi connectivity index (χ1) is 11.6. The van der Waals surface area contributed by atoms with E-state index in [1.165, 1.54) is 12.3 Å².